The van der Waals surface area contributed by atoms with Gasteiger partial charge in [-0.15, -0.1) is 0 Å². The average molecular weight is 334 g/mol. The summed E-state index contributed by atoms with van der Waals surface area (Å²) in [5, 5.41) is 2.68. The molecule has 1 aliphatic carbocycles. The van der Waals surface area contributed by atoms with Gasteiger partial charge in [-0.3, -0.25) is 0 Å². The van der Waals surface area contributed by atoms with E-state index in [0.29, 0.717) is 0 Å². The van der Waals surface area contributed by atoms with E-state index in [0.717, 1.165) is 11.1 Å². The Morgan fingerprint density at radius 1 is 0.917 bits per heavy atom. The van der Waals surface area contributed by atoms with Gasteiger partial charge in [0.2, 0.25) is 0 Å². The van der Waals surface area contributed by atoms with Crippen molar-refractivity contribution >= 4 is 0 Å². The van der Waals surface area contributed by atoms with Crippen molar-refractivity contribution in [3.63, 3.8) is 0 Å². The Balaban J connectivity index is 1.79. The summed E-state index contributed by atoms with van der Waals surface area (Å²) in [4.78, 5) is 0. The number of nitrogens with two attached hydrogens (primary N) is 1. The van der Waals surface area contributed by atoms with Crippen LogP contribution in [-0.2, 0) is 0 Å². The highest BCUT2D eigenvalue weighted by atomic mass is 19.4. The summed E-state index contributed by atoms with van der Waals surface area (Å²) in [6.45, 7) is 0.119. The number of alkyl halides is 3. The highest BCUT2D eigenvalue weighted by Gasteiger charge is 2.63. The molecule has 1 atom stereocenters. The Bertz CT molecular complexity index is 612. The lowest BCUT2D eigenvalue weighted by molar-refractivity contribution is -0.165. The van der Waals surface area contributed by atoms with Crippen molar-refractivity contribution in [2.75, 3.05) is 6.54 Å². The largest absolute Gasteiger partial charge is 0.406 e. The van der Waals surface area contributed by atoms with Crippen LogP contribution in [0.15, 0.2) is 60.7 Å². The molecule has 0 bridgehead atoms. The molecule has 2 nitrogen and oxygen atoms in total. The van der Waals surface area contributed by atoms with Gasteiger partial charge < -0.3 is 11.1 Å². The van der Waals surface area contributed by atoms with Crippen LogP contribution in [-0.4, -0.2) is 24.3 Å². The van der Waals surface area contributed by atoms with Gasteiger partial charge in [0.05, 0.1) is 0 Å². The standard InChI is InChI=1S/C19H21F3N2/c20-19(21,22)18(11-12-18)24-13-16(23)17(14-7-3-1-4-8-14)15-9-5-2-6-10-15/h1-10,16-17,24H,11-13,23H2. The highest BCUT2D eigenvalue weighted by molar-refractivity contribution is 5.34. The highest BCUT2D eigenvalue weighted by Crippen LogP contribution is 2.49. The van der Waals surface area contributed by atoms with Crippen LogP contribution in [0.1, 0.15) is 29.9 Å². The second-order valence-electron chi connectivity index (χ2n) is 6.42. The molecule has 1 aliphatic rings. The number of hydrogen-bond donors (Lipinski definition) is 2. The molecule has 0 heterocycles. The molecule has 0 spiro atoms. The molecule has 0 aromatic heterocycles. The van der Waals surface area contributed by atoms with Gasteiger partial charge in [-0.25, -0.2) is 0 Å². The molecule has 128 valence electrons. The summed E-state index contributed by atoms with van der Waals surface area (Å²) in [5.41, 5.74) is 6.62. The van der Waals surface area contributed by atoms with Gasteiger partial charge in [-0.2, -0.15) is 13.2 Å². The van der Waals surface area contributed by atoms with Crippen molar-refractivity contribution in [2.24, 2.45) is 5.73 Å². The molecule has 3 rings (SSSR count). The average Bonchev–Trinajstić information content (AvgIpc) is 3.36. The number of nitrogens with one attached hydrogen (secondary N) is 1. The van der Waals surface area contributed by atoms with Crippen LogP contribution >= 0.6 is 0 Å². The van der Waals surface area contributed by atoms with E-state index in [9.17, 15) is 13.2 Å². The van der Waals surface area contributed by atoms with Crippen LogP contribution in [0.3, 0.4) is 0 Å². The zero-order chi connectivity index (χ0) is 17.2. The molecule has 0 saturated heterocycles. The second-order valence-corrected chi connectivity index (χ2v) is 6.42. The Morgan fingerprint density at radius 3 is 1.75 bits per heavy atom. The van der Waals surface area contributed by atoms with E-state index in [1.807, 2.05) is 60.7 Å². The fourth-order valence-corrected chi connectivity index (χ4v) is 3.12. The van der Waals surface area contributed by atoms with Crippen LogP contribution in [0.5, 0.6) is 0 Å². The van der Waals surface area contributed by atoms with Gasteiger partial charge in [-0.05, 0) is 24.0 Å². The fourth-order valence-electron chi connectivity index (χ4n) is 3.12. The fraction of sp³-hybridized carbons (Fsp3) is 0.368. The smallest absolute Gasteiger partial charge is 0.326 e. The summed E-state index contributed by atoms with van der Waals surface area (Å²) in [6, 6.07) is 18.9. The maximum absolute atomic E-state index is 13.1. The number of hydrogen-bond acceptors (Lipinski definition) is 2. The van der Waals surface area contributed by atoms with Crippen molar-refractivity contribution in [1.29, 1.82) is 0 Å². The zero-order valence-electron chi connectivity index (χ0n) is 13.3. The monoisotopic (exact) mass is 334 g/mol. The minimum atomic E-state index is -4.22. The predicted molar refractivity (Wildman–Crippen MR) is 88.7 cm³/mol. The summed E-state index contributed by atoms with van der Waals surface area (Å²) in [7, 11) is 0. The van der Waals surface area contributed by atoms with E-state index >= 15 is 0 Å². The number of benzene rings is 2. The third-order valence-electron chi connectivity index (χ3n) is 4.71. The lowest BCUT2D eigenvalue weighted by atomic mass is 9.85. The first-order chi connectivity index (χ1) is 11.4. The molecule has 1 unspecified atom stereocenters. The summed E-state index contributed by atoms with van der Waals surface area (Å²) < 4.78 is 39.3. The van der Waals surface area contributed by atoms with Crippen molar-refractivity contribution in [3.8, 4) is 0 Å². The molecule has 2 aromatic rings. The zero-order valence-corrected chi connectivity index (χ0v) is 13.3. The first kappa shape index (κ1) is 17.0. The van der Waals surface area contributed by atoms with Gasteiger partial charge in [-0.1, -0.05) is 60.7 Å². The first-order valence-electron chi connectivity index (χ1n) is 8.10. The molecular weight excluding hydrogens is 313 g/mol. The molecule has 24 heavy (non-hydrogen) atoms. The van der Waals surface area contributed by atoms with Crippen LogP contribution in [0.2, 0.25) is 0 Å². The van der Waals surface area contributed by atoms with Gasteiger partial charge in [0.25, 0.3) is 0 Å². The van der Waals surface area contributed by atoms with Crippen LogP contribution in [0.4, 0.5) is 13.2 Å². The maximum atomic E-state index is 13.1. The SMILES string of the molecule is NC(CNC1(C(F)(F)F)CC1)C(c1ccccc1)c1ccccc1. The molecular formula is C19H21F3N2. The van der Waals surface area contributed by atoms with Crippen molar-refractivity contribution in [2.45, 2.75) is 36.5 Å². The van der Waals surface area contributed by atoms with E-state index in [4.69, 9.17) is 5.73 Å². The molecule has 3 N–H and O–H groups in total. The molecule has 0 aliphatic heterocycles. The Morgan fingerprint density at radius 2 is 1.38 bits per heavy atom. The van der Waals surface area contributed by atoms with Gasteiger partial charge in [0, 0.05) is 18.5 Å². The molecule has 2 aromatic carbocycles. The number of rotatable bonds is 6. The van der Waals surface area contributed by atoms with Crippen LogP contribution in [0, 0.1) is 0 Å². The van der Waals surface area contributed by atoms with Crippen LogP contribution < -0.4 is 11.1 Å². The molecule has 1 saturated carbocycles. The Labute approximate surface area is 139 Å². The van der Waals surface area contributed by atoms with Gasteiger partial charge in [0.15, 0.2) is 0 Å². The molecule has 5 heteroatoms. The Hall–Kier alpha value is -1.85. The Kier molecular flexibility index (Phi) is 4.65. The second kappa shape index (κ2) is 6.57. The van der Waals surface area contributed by atoms with E-state index in [-0.39, 0.29) is 25.3 Å². The summed E-state index contributed by atoms with van der Waals surface area (Å²) in [6.07, 6.45) is -3.96. The van der Waals surface area contributed by atoms with Gasteiger partial charge in [0.1, 0.15) is 5.54 Å². The topological polar surface area (TPSA) is 38.0 Å². The minimum Gasteiger partial charge on any atom is -0.326 e. The third-order valence-corrected chi connectivity index (χ3v) is 4.71. The summed E-state index contributed by atoms with van der Waals surface area (Å²) >= 11 is 0. The lowest BCUT2D eigenvalue weighted by Gasteiger charge is -2.28. The van der Waals surface area contributed by atoms with E-state index in [1.165, 1.54) is 0 Å². The summed E-state index contributed by atoms with van der Waals surface area (Å²) in [5.74, 6) is -0.149. The maximum Gasteiger partial charge on any atom is 0.406 e. The first-order valence-corrected chi connectivity index (χ1v) is 8.10. The molecule has 0 amide bonds. The van der Waals surface area contributed by atoms with Crippen LogP contribution in [0.25, 0.3) is 0 Å². The quantitative estimate of drug-likeness (QED) is 0.842. The molecule has 1 fully saturated rings. The van der Waals surface area contributed by atoms with Crippen molar-refractivity contribution < 1.29 is 13.2 Å². The normalized spacial score (nSPS) is 17.7. The predicted octanol–water partition coefficient (Wildman–Crippen LogP) is 3.83. The minimum absolute atomic E-state index is 0.119. The molecule has 0 radical (unpaired) electrons. The van der Waals surface area contributed by atoms with E-state index in [2.05, 4.69) is 5.32 Å². The van der Waals surface area contributed by atoms with Crippen molar-refractivity contribution in [1.82, 2.24) is 5.32 Å². The lowest BCUT2D eigenvalue weighted by Crippen LogP contribution is -2.50. The van der Waals surface area contributed by atoms with Crippen molar-refractivity contribution in [3.05, 3.63) is 71.8 Å². The van der Waals surface area contributed by atoms with Gasteiger partial charge >= 0.3 is 6.18 Å². The third kappa shape index (κ3) is 3.47. The van der Waals surface area contributed by atoms with E-state index in [1.54, 1.807) is 0 Å². The van der Waals surface area contributed by atoms with E-state index < -0.39 is 17.8 Å². The number of halogens is 3.